The highest BCUT2D eigenvalue weighted by molar-refractivity contribution is 5.96. The summed E-state index contributed by atoms with van der Waals surface area (Å²) >= 11 is 0. The lowest BCUT2D eigenvalue weighted by atomic mass is 10.1. The van der Waals surface area contributed by atoms with E-state index in [2.05, 4.69) is 10.6 Å². The van der Waals surface area contributed by atoms with Crippen LogP contribution < -0.4 is 15.4 Å². The second-order valence-corrected chi connectivity index (χ2v) is 5.24. The topological polar surface area (TPSA) is 105 Å². The minimum atomic E-state index is -1.07. The maximum atomic E-state index is 12.0. The van der Waals surface area contributed by atoms with Crippen molar-refractivity contribution in [2.24, 2.45) is 0 Å². The number of carboxylic acids is 1. The summed E-state index contributed by atoms with van der Waals surface area (Å²) in [6.07, 6.45) is 1.91. The molecule has 0 fully saturated rings. The van der Waals surface area contributed by atoms with Crippen LogP contribution in [0.2, 0.25) is 0 Å². The van der Waals surface area contributed by atoms with Gasteiger partial charge in [-0.1, -0.05) is 19.8 Å². The van der Waals surface area contributed by atoms with Crippen LogP contribution in [0.25, 0.3) is 0 Å². The third kappa shape index (κ3) is 6.68. The largest absolute Gasteiger partial charge is 0.494 e. The molecule has 0 bridgehead atoms. The van der Waals surface area contributed by atoms with Crippen molar-refractivity contribution in [1.82, 2.24) is 10.6 Å². The average molecular weight is 336 g/mol. The molecule has 2 amide bonds. The molecule has 0 unspecified atom stereocenters. The van der Waals surface area contributed by atoms with E-state index in [-0.39, 0.29) is 6.54 Å². The molecule has 0 heterocycles. The molecule has 0 aliphatic rings. The number of carbonyl (C=O) groups is 3. The van der Waals surface area contributed by atoms with Crippen molar-refractivity contribution in [3.8, 4) is 5.75 Å². The highest BCUT2D eigenvalue weighted by Gasteiger charge is 2.19. The maximum Gasteiger partial charge on any atom is 0.326 e. The van der Waals surface area contributed by atoms with Crippen molar-refractivity contribution < 1.29 is 24.2 Å². The third-order valence-electron chi connectivity index (χ3n) is 3.32. The predicted octanol–water partition coefficient (Wildman–Crippen LogP) is 1.57. The fourth-order valence-electron chi connectivity index (χ4n) is 2.04. The van der Waals surface area contributed by atoms with Crippen molar-refractivity contribution >= 4 is 17.8 Å². The molecule has 1 aromatic rings. The van der Waals surface area contributed by atoms with Crippen LogP contribution in [-0.4, -0.2) is 42.1 Å². The number of carboxylic acid groups (broad SMARTS) is 1. The number of carbonyl (C=O) groups excluding carboxylic acids is 2. The Morgan fingerprint density at radius 1 is 1.17 bits per heavy atom. The van der Waals surface area contributed by atoms with Crippen LogP contribution in [0.4, 0.5) is 0 Å². The maximum absolute atomic E-state index is 12.0. The van der Waals surface area contributed by atoms with E-state index in [4.69, 9.17) is 9.84 Å². The molecule has 24 heavy (non-hydrogen) atoms. The smallest absolute Gasteiger partial charge is 0.326 e. The number of aliphatic carboxylic acids is 1. The Morgan fingerprint density at radius 3 is 2.38 bits per heavy atom. The quantitative estimate of drug-likeness (QED) is 0.601. The molecule has 0 radical (unpaired) electrons. The Labute approximate surface area is 141 Å². The molecule has 0 aliphatic heterocycles. The average Bonchev–Trinajstić information content (AvgIpc) is 2.57. The van der Waals surface area contributed by atoms with E-state index in [1.165, 1.54) is 0 Å². The zero-order chi connectivity index (χ0) is 17.9. The fourth-order valence-corrected chi connectivity index (χ4v) is 2.04. The van der Waals surface area contributed by atoms with Crippen LogP contribution in [0.1, 0.15) is 43.5 Å². The van der Waals surface area contributed by atoms with E-state index in [9.17, 15) is 14.4 Å². The van der Waals surface area contributed by atoms with Gasteiger partial charge in [0.2, 0.25) is 5.91 Å². The number of amides is 2. The van der Waals surface area contributed by atoms with Crippen LogP contribution in [0.15, 0.2) is 24.3 Å². The minimum absolute atomic E-state index is 0.276. The minimum Gasteiger partial charge on any atom is -0.494 e. The first-order chi connectivity index (χ1) is 11.5. The summed E-state index contributed by atoms with van der Waals surface area (Å²) in [5.74, 6) is -1.35. The Hall–Kier alpha value is -2.57. The summed E-state index contributed by atoms with van der Waals surface area (Å²) in [5, 5.41) is 13.9. The van der Waals surface area contributed by atoms with Gasteiger partial charge in [0.05, 0.1) is 13.2 Å². The van der Waals surface area contributed by atoms with Gasteiger partial charge < -0.3 is 20.5 Å². The standard InChI is InChI=1S/C17H24N2O5/c1-3-5-6-14(17(22)23)19-15(20)11-18-16(21)12-7-9-13(10-8-12)24-4-2/h7-10,14H,3-6,11H2,1-2H3,(H,18,21)(H,19,20)(H,22,23)/t14-/m0/s1. The second-order valence-electron chi connectivity index (χ2n) is 5.24. The molecular formula is C17H24N2O5. The molecule has 0 saturated heterocycles. The van der Waals surface area contributed by atoms with Crippen LogP contribution in [0.3, 0.4) is 0 Å². The third-order valence-corrected chi connectivity index (χ3v) is 3.32. The van der Waals surface area contributed by atoms with Gasteiger partial charge in [-0.3, -0.25) is 9.59 Å². The number of hydrogen-bond acceptors (Lipinski definition) is 4. The first-order valence-electron chi connectivity index (χ1n) is 8.01. The Balaban J connectivity index is 2.47. The van der Waals surface area contributed by atoms with Crippen LogP contribution in [-0.2, 0) is 9.59 Å². The van der Waals surface area contributed by atoms with Crippen molar-refractivity contribution in [1.29, 1.82) is 0 Å². The van der Waals surface area contributed by atoms with Crippen molar-refractivity contribution in [3.63, 3.8) is 0 Å². The van der Waals surface area contributed by atoms with Crippen LogP contribution in [0.5, 0.6) is 5.75 Å². The SMILES string of the molecule is CCCC[C@H](NC(=O)CNC(=O)c1ccc(OCC)cc1)C(=O)O. The van der Waals surface area contributed by atoms with Gasteiger partial charge in [-0.25, -0.2) is 4.79 Å². The van der Waals surface area contributed by atoms with E-state index in [0.717, 1.165) is 6.42 Å². The number of unbranched alkanes of at least 4 members (excludes halogenated alkanes) is 1. The molecule has 1 rings (SSSR count). The first-order valence-corrected chi connectivity index (χ1v) is 8.01. The highest BCUT2D eigenvalue weighted by atomic mass is 16.5. The number of rotatable bonds is 10. The lowest BCUT2D eigenvalue weighted by molar-refractivity contribution is -0.141. The molecule has 132 valence electrons. The summed E-state index contributed by atoms with van der Waals surface area (Å²) in [4.78, 5) is 34.8. The van der Waals surface area contributed by atoms with E-state index in [1.54, 1.807) is 24.3 Å². The van der Waals surface area contributed by atoms with Gasteiger partial charge in [-0.05, 0) is 37.6 Å². The van der Waals surface area contributed by atoms with Gasteiger partial charge in [-0.2, -0.15) is 0 Å². The van der Waals surface area contributed by atoms with Gasteiger partial charge in [-0.15, -0.1) is 0 Å². The van der Waals surface area contributed by atoms with Gasteiger partial charge in [0.15, 0.2) is 0 Å². The van der Waals surface area contributed by atoms with Crippen molar-refractivity contribution in [3.05, 3.63) is 29.8 Å². The van der Waals surface area contributed by atoms with E-state index in [1.807, 2.05) is 13.8 Å². The molecule has 1 atom stereocenters. The molecule has 0 spiro atoms. The van der Waals surface area contributed by atoms with Crippen molar-refractivity contribution in [2.45, 2.75) is 39.2 Å². The molecule has 0 aliphatic carbocycles. The summed E-state index contributed by atoms with van der Waals surface area (Å²) in [5.41, 5.74) is 0.395. The summed E-state index contributed by atoms with van der Waals surface area (Å²) in [6, 6.07) is 5.60. The molecule has 3 N–H and O–H groups in total. The highest BCUT2D eigenvalue weighted by Crippen LogP contribution is 2.11. The fraction of sp³-hybridized carbons (Fsp3) is 0.471. The summed E-state index contributed by atoms with van der Waals surface area (Å²) < 4.78 is 5.29. The Bertz CT molecular complexity index is 557. The monoisotopic (exact) mass is 336 g/mol. The van der Waals surface area contributed by atoms with Gasteiger partial charge >= 0.3 is 5.97 Å². The predicted molar refractivity (Wildman–Crippen MR) is 89.0 cm³/mol. The Morgan fingerprint density at radius 2 is 1.83 bits per heavy atom. The zero-order valence-corrected chi connectivity index (χ0v) is 14.0. The van der Waals surface area contributed by atoms with Gasteiger partial charge in [0, 0.05) is 5.56 Å². The first kappa shape index (κ1) is 19.5. The lowest BCUT2D eigenvalue weighted by Gasteiger charge is -2.14. The van der Waals surface area contributed by atoms with E-state index >= 15 is 0 Å². The normalized spacial score (nSPS) is 11.4. The lowest BCUT2D eigenvalue weighted by Crippen LogP contribution is -2.45. The van der Waals surface area contributed by atoms with Crippen LogP contribution >= 0.6 is 0 Å². The van der Waals surface area contributed by atoms with E-state index in [0.29, 0.717) is 30.8 Å². The summed E-state index contributed by atoms with van der Waals surface area (Å²) in [7, 11) is 0. The Kier molecular flexibility index (Phi) is 8.32. The molecular weight excluding hydrogens is 312 g/mol. The molecule has 0 aromatic heterocycles. The number of hydrogen-bond donors (Lipinski definition) is 3. The molecule has 7 heteroatoms. The molecule has 7 nitrogen and oxygen atoms in total. The second kappa shape index (κ2) is 10.3. The number of benzene rings is 1. The van der Waals surface area contributed by atoms with Crippen LogP contribution in [0, 0.1) is 0 Å². The summed E-state index contributed by atoms with van der Waals surface area (Å²) in [6.45, 7) is 4.07. The van der Waals surface area contributed by atoms with E-state index < -0.39 is 23.8 Å². The van der Waals surface area contributed by atoms with Gasteiger partial charge in [0.1, 0.15) is 11.8 Å². The number of ether oxygens (including phenoxy) is 1. The van der Waals surface area contributed by atoms with Crippen molar-refractivity contribution in [2.75, 3.05) is 13.2 Å². The zero-order valence-electron chi connectivity index (χ0n) is 14.0. The molecule has 0 saturated carbocycles. The number of nitrogens with one attached hydrogen (secondary N) is 2. The van der Waals surface area contributed by atoms with Gasteiger partial charge in [0.25, 0.3) is 5.91 Å². The molecule has 1 aromatic carbocycles.